The van der Waals surface area contributed by atoms with Crippen LogP contribution in [0.2, 0.25) is 0 Å². The largest absolute Gasteiger partial charge is 0.479 e. The van der Waals surface area contributed by atoms with Crippen LogP contribution >= 0.6 is 11.3 Å². The standard InChI is InChI=1S/C23H22N2O3S/c1-14(15(2)26)25-20-12-18(9-10-21(20)28-16(3)23(25)27)19-13-29-22(24-19)11-17-7-5-4-6-8-17/h4-10,12-14,16H,11H2,1-3H3. The van der Waals surface area contributed by atoms with E-state index in [1.165, 1.54) is 12.5 Å². The normalized spacial score (nSPS) is 16.9. The summed E-state index contributed by atoms with van der Waals surface area (Å²) in [5.41, 5.74) is 3.58. The van der Waals surface area contributed by atoms with E-state index in [0.717, 1.165) is 22.7 Å². The molecule has 0 spiro atoms. The Morgan fingerprint density at radius 2 is 2.00 bits per heavy atom. The minimum absolute atomic E-state index is 0.0670. The first-order valence-corrected chi connectivity index (χ1v) is 10.4. The van der Waals surface area contributed by atoms with Crippen molar-refractivity contribution in [1.82, 2.24) is 4.98 Å². The first-order valence-electron chi connectivity index (χ1n) is 9.57. The van der Waals surface area contributed by atoms with Gasteiger partial charge in [-0.05, 0) is 44.5 Å². The van der Waals surface area contributed by atoms with Crippen LogP contribution in [-0.4, -0.2) is 28.8 Å². The summed E-state index contributed by atoms with van der Waals surface area (Å²) < 4.78 is 5.76. The smallest absolute Gasteiger partial charge is 0.268 e. The van der Waals surface area contributed by atoms with Gasteiger partial charge in [0.15, 0.2) is 11.9 Å². The zero-order valence-electron chi connectivity index (χ0n) is 16.6. The monoisotopic (exact) mass is 406 g/mol. The molecule has 0 radical (unpaired) electrons. The third-order valence-corrected chi connectivity index (χ3v) is 5.98. The van der Waals surface area contributed by atoms with Crippen molar-refractivity contribution in [1.29, 1.82) is 0 Å². The fraction of sp³-hybridized carbons (Fsp3) is 0.261. The number of carbonyl (C=O) groups excluding carboxylic acids is 2. The number of ether oxygens (including phenoxy) is 1. The van der Waals surface area contributed by atoms with E-state index in [-0.39, 0.29) is 11.7 Å². The van der Waals surface area contributed by atoms with Gasteiger partial charge in [-0.1, -0.05) is 30.3 Å². The molecule has 1 aliphatic rings. The van der Waals surface area contributed by atoms with Gasteiger partial charge in [0, 0.05) is 17.4 Å². The van der Waals surface area contributed by atoms with Gasteiger partial charge < -0.3 is 4.74 Å². The number of hydrogen-bond acceptors (Lipinski definition) is 5. The van der Waals surface area contributed by atoms with E-state index in [9.17, 15) is 9.59 Å². The lowest BCUT2D eigenvalue weighted by atomic mass is 10.1. The molecule has 2 aromatic carbocycles. The van der Waals surface area contributed by atoms with Crippen LogP contribution in [0.4, 0.5) is 5.69 Å². The number of Topliss-reactive ketones (excluding diaryl/α,β-unsaturated/α-hetero) is 1. The lowest BCUT2D eigenvalue weighted by Gasteiger charge is -2.36. The van der Waals surface area contributed by atoms with Crippen molar-refractivity contribution in [2.45, 2.75) is 39.3 Å². The van der Waals surface area contributed by atoms with E-state index in [1.807, 2.05) is 41.8 Å². The Kier molecular flexibility index (Phi) is 5.20. The predicted molar refractivity (Wildman–Crippen MR) is 115 cm³/mol. The fourth-order valence-corrected chi connectivity index (χ4v) is 4.23. The molecule has 2 atom stereocenters. The van der Waals surface area contributed by atoms with Crippen molar-refractivity contribution in [2.75, 3.05) is 4.90 Å². The molecular weight excluding hydrogens is 384 g/mol. The van der Waals surface area contributed by atoms with Crippen molar-refractivity contribution in [2.24, 2.45) is 0 Å². The Balaban J connectivity index is 1.67. The van der Waals surface area contributed by atoms with Crippen molar-refractivity contribution in [3.05, 3.63) is 64.5 Å². The highest BCUT2D eigenvalue weighted by Crippen LogP contribution is 2.39. The molecule has 4 rings (SSSR count). The maximum Gasteiger partial charge on any atom is 0.268 e. The highest BCUT2D eigenvalue weighted by molar-refractivity contribution is 7.10. The van der Waals surface area contributed by atoms with Gasteiger partial charge in [-0.15, -0.1) is 11.3 Å². The van der Waals surface area contributed by atoms with E-state index in [2.05, 4.69) is 12.1 Å². The quantitative estimate of drug-likeness (QED) is 0.626. The SMILES string of the molecule is CC(=O)C(C)N1C(=O)C(C)Oc2ccc(-c3csc(Cc4ccccc4)n3)cc21. The molecule has 2 unspecified atom stereocenters. The molecule has 1 aliphatic heterocycles. The fourth-order valence-electron chi connectivity index (χ4n) is 3.40. The van der Waals surface area contributed by atoms with Crippen LogP contribution in [-0.2, 0) is 16.0 Å². The summed E-state index contributed by atoms with van der Waals surface area (Å²) in [7, 11) is 0. The number of hydrogen-bond donors (Lipinski definition) is 0. The van der Waals surface area contributed by atoms with Crippen molar-refractivity contribution >= 4 is 28.7 Å². The number of benzene rings is 2. The zero-order valence-corrected chi connectivity index (χ0v) is 17.4. The molecule has 1 aromatic heterocycles. The third kappa shape index (κ3) is 3.80. The molecule has 3 aromatic rings. The first-order chi connectivity index (χ1) is 13.9. The molecule has 0 saturated heterocycles. The summed E-state index contributed by atoms with van der Waals surface area (Å²) in [6.45, 7) is 4.95. The summed E-state index contributed by atoms with van der Waals surface area (Å²) >= 11 is 1.61. The number of aromatic nitrogens is 1. The minimum Gasteiger partial charge on any atom is -0.479 e. The molecule has 0 bridgehead atoms. The van der Waals surface area contributed by atoms with Crippen molar-refractivity contribution in [3.63, 3.8) is 0 Å². The zero-order chi connectivity index (χ0) is 20.5. The van der Waals surface area contributed by atoms with Gasteiger partial charge in [0.05, 0.1) is 22.4 Å². The van der Waals surface area contributed by atoms with Gasteiger partial charge in [-0.2, -0.15) is 0 Å². The van der Waals surface area contributed by atoms with E-state index >= 15 is 0 Å². The molecule has 1 amide bonds. The number of nitrogens with zero attached hydrogens (tertiary/aromatic N) is 2. The van der Waals surface area contributed by atoms with Crippen LogP contribution in [0, 0.1) is 0 Å². The Morgan fingerprint density at radius 3 is 2.72 bits per heavy atom. The second-order valence-corrected chi connectivity index (χ2v) is 8.17. The van der Waals surface area contributed by atoms with Crippen LogP contribution in [0.15, 0.2) is 53.9 Å². The maximum absolute atomic E-state index is 12.7. The highest BCUT2D eigenvalue weighted by Gasteiger charge is 2.36. The van der Waals surface area contributed by atoms with Gasteiger partial charge in [0.25, 0.3) is 5.91 Å². The molecule has 6 heteroatoms. The van der Waals surface area contributed by atoms with Crippen molar-refractivity contribution < 1.29 is 14.3 Å². The van der Waals surface area contributed by atoms with Crippen LogP contribution < -0.4 is 9.64 Å². The summed E-state index contributed by atoms with van der Waals surface area (Å²) in [6, 6.07) is 15.4. The molecule has 0 saturated carbocycles. The lowest BCUT2D eigenvalue weighted by Crippen LogP contribution is -2.51. The third-order valence-electron chi connectivity index (χ3n) is 5.13. The number of ketones is 1. The molecular formula is C23H22N2O3S. The second-order valence-electron chi connectivity index (χ2n) is 7.23. The molecule has 148 valence electrons. The van der Waals surface area contributed by atoms with Crippen LogP contribution in [0.25, 0.3) is 11.3 Å². The summed E-state index contributed by atoms with van der Waals surface area (Å²) in [4.78, 5) is 31.0. The molecule has 0 aliphatic carbocycles. The van der Waals surface area contributed by atoms with Gasteiger partial charge in [-0.3, -0.25) is 14.5 Å². The van der Waals surface area contributed by atoms with Crippen LogP contribution in [0.1, 0.15) is 31.3 Å². The lowest BCUT2D eigenvalue weighted by molar-refractivity contribution is -0.128. The summed E-state index contributed by atoms with van der Waals surface area (Å²) in [5, 5.41) is 3.05. The van der Waals surface area contributed by atoms with Gasteiger partial charge in [-0.25, -0.2) is 4.98 Å². The molecule has 2 heterocycles. The van der Waals surface area contributed by atoms with E-state index in [0.29, 0.717) is 11.4 Å². The maximum atomic E-state index is 12.7. The van der Waals surface area contributed by atoms with Gasteiger partial charge in [0.2, 0.25) is 0 Å². The Morgan fingerprint density at radius 1 is 1.24 bits per heavy atom. The summed E-state index contributed by atoms with van der Waals surface area (Å²) in [5.74, 6) is 0.330. The topological polar surface area (TPSA) is 59.5 Å². The first kappa shape index (κ1) is 19.3. The number of thiazole rings is 1. The Hall–Kier alpha value is -2.99. The van der Waals surface area contributed by atoms with E-state index in [1.54, 1.807) is 30.1 Å². The average molecular weight is 407 g/mol. The highest BCUT2D eigenvalue weighted by atomic mass is 32.1. The summed E-state index contributed by atoms with van der Waals surface area (Å²) in [6.07, 6.45) is 0.162. The Bertz CT molecular complexity index is 1060. The average Bonchev–Trinajstić information content (AvgIpc) is 3.17. The van der Waals surface area contributed by atoms with Crippen molar-refractivity contribution in [3.8, 4) is 17.0 Å². The predicted octanol–water partition coefficient (Wildman–Crippen LogP) is 4.49. The molecule has 29 heavy (non-hydrogen) atoms. The van der Waals surface area contributed by atoms with E-state index < -0.39 is 12.1 Å². The number of rotatable bonds is 5. The van der Waals surface area contributed by atoms with Gasteiger partial charge >= 0.3 is 0 Å². The number of anilines is 1. The van der Waals surface area contributed by atoms with Gasteiger partial charge in [0.1, 0.15) is 5.75 Å². The number of amides is 1. The Labute approximate surface area is 174 Å². The number of fused-ring (bicyclic) bond motifs is 1. The van der Waals surface area contributed by atoms with Crippen LogP contribution in [0.3, 0.4) is 0 Å². The van der Waals surface area contributed by atoms with E-state index in [4.69, 9.17) is 9.72 Å². The minimum atomic E-state index is -0.619. The molecule has 0 N–H and O–H groups in total. The molecule has 0 fully saturated rings. The second kappa shape index (κ2) is 7.79. The van der Waals surface area contributed by atoms with Crippen LogP contribution in [0.5, 0.6) is 5.75 Å². The number of carbonyl (C=O) groups is 2. The molecule has 5 nitrogen and oxygen atoms in total.